The number of β-amino-alcohol motifs (C(OH)–C–C–N with tert-alkyl or cyclic N) is 1. The average molecular weight is 325 g/mol. The summed E-state index contributed by atoms with van der Waals surface area (Å²) >= 11 is 0. The number of rotatable bonds is 3. The molecular weight excluding hydrogens is 306 g/mol. The van der Waals surface area contributed by atoms with Crippen LogP contribution in [0, 0.1) is 11.3 Å². The summed E-state index contributed by atoms with van der Waals surface area (Å²) in [6.45, 7) is 4.56. The van der Waals surface area contributed by atoms with Gasteiger partial charge in [0.15, 0.2) is 0 Å². The fraction of sp³-hybridized carbons (Fsp3) is 0.412. The van der Waals surface area contributed by atoms with Gasteiger partial charge >= 0.3 is 0 Å². The van der Waals surface area contributed by atoms with Gasteiger partial charge in [0.2, 0.25) is 0 Å². The van der Waals surface area contributed by atoms with Gasteiger partial charge in [-0.1, -0.05) is 11.3 Å². The van der Waals surface area contributed by atoms with Gasteiger partial charge in [-0.25, -0.2) is 4.68 Å². The van der Waals surface area contributed by atoms with Gasteiger partial charge in [-0.05, 0) is 32.0 Å². The van der Waals surface area contributed by atoms with Crippen LogP contribution < -0.4 is 0 Å². The summed E-state index contributed by atoms with van der Waals surface area (Å²) in [5.41, 5.74) is 0.187. The zero-order valence-corrected chi connectivity index (χ0v) is 13.7. The van der Waals surface area contributed by atoms with Crippen LogP contribution in [0.2, 0.25) is 0 Å². The van der Waals surface area contributed by atoms with E-state index in [9.17, 15) is 9.90 Å². The topological polar surface area (TPSA) is 95.0 Å². The molecule has 0 spiro atoms. The molecule has 1 fully saturated rings. The van der Waals surface area contributed by atoms with E-state index in [4.69, 9.17) is 5.26 Å². The quantitative estimate of drug-likeness (QED) is 0.922. The summed E-state index contributed by atoms with van der Waals surface area (Å²) in [7, 11) is 0. The zero-order chi connectivity index (χ0) is 17.3. The molecule has 2 heterocycles. The molecule has 0 saturated carbocycles. The van der Waals surface area contributed by atoms with Crippen molar-refractivity contribution in [1.29, 1.82) is 5.26 Å². The normalized spacial score (nSPS) is 20.4. The maximum Gasteiger partial charge on any atom is 0.254 e. The summed E-state index contributed by atoms with van der Waals surface area (Å²) in [6.07, 6.45) is 2.14. The van der Waals surface area contributed by atoms with Crippen molar-refractivity contribution in [3.8, 4) is 6.07 Å². The molecule has 1 aromatic carbocycles. The van der Waals surface area contributed by atoms with Crippen molar-refractivity contribution >= 4 is 5.91 Å². The molecule has 1 amide bonds. The molecule has 1 aliphatic rings. The number of amides is 1. The van der Waals surface area contributed by atoms with E-state index in [1.807, 2.05) is 19.9 Å². The Morgan fingerprint density at radius 1 is 1.46 bits per heavy atom. The molecule has 1 N–H and O–H groups in total. The molecule has 0 aliphatic carbocycles. The van der Waals surface area contributed by atoms with Crippen LogP contribution >= 0.6 is 0 Å². The minimum Gasteiger partial charge on any atom is -0.381 e. The van der Waals surface area contributed by atoms with Gasteiger partial charge in [-0.15, -0.1) is 5.10 Å². The third kappa shape index (κ3) is 2.88. The van der Waals surface area contributed by atoms with E-state index in [2.05, 4.69) is 10.3 Å². The van der Waals surface area contributed by atoms with Crippen LogP contribution in [0.25, 0.3) is 0 Å². The predicted molar refractivity (Wildman–Crippen MR) is 86.0 cm³/mol. The van der Waals surface area contributed by atoms with E-state index < -0.39 is 5.60 Å². The van der Waals surface area contributed by atoms with E-state index in [1.54, 1.807) is 40.0 Å². The van der Waals surface area contributed by atoms with E-state index in [0.717, 1.165) is 0 Å². The van der Waals surface area contributed by atoms with Crippen LogP contribution in [0.3, 0.4) is 0 Å². The molecule has 2 aromatic rings. The Balaban J connectivity index is 1.78. The minimum absolute atomic E-state index is 0.155. The molecule has 1 aromatic heterocycles. The minimum atomic E-state index is -1.18. The van der Waals surface area contributed by atoms with Crippen LogP contribution in [-0.4, -0.2) is 44.0 Å². The van der Waals surface area contributed by atoms with Crippen molar-refractivity contribution in [2.75, 3.05) is 13.1 Å². The zero-order valence-electron chi connectivity index (χ0n) is 13.7. The van der Waals surface area contributed by atoms with Crippen LogP contribution in [0.4, 0.5) is 0 Å². The Kier molecular flexibility index (Phi) is 4.08. The highest BCUT2D eigenvalue weighted by Gasteiger charge is 2.42. The summed E-state index contributed by atoms with van der Waals surface area (Å²) < 4.78 is 1.69. The SMILES string of the molecule is CC(C)n1cc(C2(O)CCN(C(=O)c3cccc(C#N)c3)C2)nn1. The van der Waals surface area contributed by atoms with Crippen LogP contribution in [-0.2, 0) is 5.60 Å². The highest BCUT2D eigenvalue weighted by Crippen LogP contribution is 2.31. The third-order valence-electron chi connectivity index (χ3n) is 4.29. The molecule has 1 unspecified atom stereocenters. The first-order valence-corrected chi connectivity index (χ1v) is 7.87. The molecule has 0 radical (unpaired) electrons. The van der Waals surface area contributed by atoms with Gasteiger partial charge in [0.1, 0.15) is 11.3 Å². The molecular formula is C17H19N5O2. The number of aliphatic hydroxyl groups is 1. The monoisotopic (exact) mass is 325 g/mol. The number of benzene rings is 1. The number of nitriles is 1. The van der Waals surface area contributed by atoms with E-state index in [-0.39, 0.29) is 18.5 Å². The van der Waals surface area contributed by atoms with E-state index in [0.29, 0.717) is 29.8 Å². The first-order chi connectivity index (χ1) is 11.4. The number of aromatic nitrogens is 3. The molecule has 7 nitrogen and oxygen atoms in total. The lowest BCUT2D eigenvalue weighted by Crippen LogP contribution is -2.34. The second kappa shape index (κ2) is 6.06. The molecule has 0 bridgehead atoms. The highest BCUT2D eigenvalue weighted by molar-refractivity contribution is 5.94. The standard InChI is InChI=1S/C17H19N5O2/c1-12(2)22-10-15(19-20-22)17(24)6-7-21(11-17)16(23)14-5-3-4-13(8-14)9-18/h3-5,8,10,12,24H,6-7,11H2,1-2H3. The smallest absolute Gasteiger partial charge is 0.254 e. The Morgan fingerprint density at radius 2 is 2.25 bits per heavy atom. The molecule has 24 heavy (non-hydrogen) atoms. The van der Waals surface area contributed by atoms with E-state index >= 15 is 0 Å². The Hall–Kier alpha value is -2.72. The maximum atomic E-state index is 12.6. The number of carbonyl (C=O) groups excluding carboxylic acids is 1. The maximum absolute atomic E-state index is 12.6. The van der Waals surface area contributed by atoms with Gasteiger partial charge in [0, 0.05) is 24.6 Å². The van der Waals surface area contributed by atoms with Crippen LogP contribution in [0.15, 0.2) is 30.5 Å². The Labute approximate surface area is 140 Å². The van der Waals surface area contributed by atoms with Gasteiger partial charge in [0.05, 0.1) is 24.4 Å². The van der Waals surface area contributed by atoms with Crippen molar-refractivity contribution < 1.29 is 9.90 Å². The number of hydrogen-bond donors (Lipinski definition) is 1. The largest absolute Gasteiger partial charge is 0.381 e. The second-order valence-electron chi connectivity index (χ2n) is 6.38. The highest BCUT2D eigenvalue weighted by atomic mass is 16.3. The number of nitrogens with zero attached hydrogens (tertiary/aromatic N) is 5. The van der Waals surface area contributed by atoms with Crippen LogP contribution in [0.1, 0.15) is 47.9 Å². The van der Waals surface area contributed by atoms with Gasteiger partial charge in [-0.2, -0.15) is 5.26 Å². The van der Waals surface area contributed by atoms with Crippen molar-refractivity contribution in [2.24, 2.45) is 0 Å². The van der Waals surface area contributed by atoms with Crippen molar-refractivity contribution in [2.45, 2.75) is 31.9 Å². The first kappa shape index (κ1) is 16.1. The third-order valence-corrected chi connectivity index (χ3v) is 4.29. The summed E-state index contributed by atoms with van der Waals surface area (Å²) in [5, 5.41) is 27.9. The molecule has 1 atom stereocenters. The fourth-order valence-electron chi connectivity index (χ4n) is 2.82. The predicted octanol–water partition coefficient (Wildman–Crippen LogP) is 1.46. The van der Waals surface area contributed by atoms with Gasteiger partial charge in [0.25, 0.3) is 5.91 Å². The fourth-order valence-corrected chi connectivity index (χ4v) is 2.82. The number of likely N-dealkylation sites (tertiary alicyclic amines) is 1. The van der Waals surface area contributed by atoms with Crippen molar-refractivity contribution in [1.82, 2.24) is 19.9 Å². The molecule has 124 valence electrons. The van der Waals surface area contributed by atoms with Crippen LogP contribution in [0.5, 0.6) is 0 Å². The van der Waals surface area contributed by atoms with Crippen molar-refractivity contribution in [3.05, 3.63) is 47.3 Å². The number of carbonyl (C=O) groups is 1. The molecule has 3 rings (SSSR count). The Morgan fingerprint density at radius 3 is 2.92 bits per heavy atom. The molecule has 1 aliphatic heterocycles. The average Bonchev–Trinajstić information content (AvgIpc) is 3.22. The lowest BCUT2D eigenvalue weighted by molar-refractivity contribution is 0.0381. The Bertz CT molecular complexity index is 807. The van der Waals surface area contributed by atoms with Gasteiger partial charge in [-0.3, -0.25) is 4.79 Å². The molecule has 1 saturated heterocycles. The summed E-state index contributed by atoms with van der Waals surface area (Å²) in [5.74, 6) is -0.195. The number of hydrogen-bond acceptors (Lipinski definition) is 5. The first-order valence-electron chi connectivity index (χ1n) is 7.87. The van der Waals surface area contributed by atoms with Gasteiger partial charge < -0.3 is 10.0 Å². The summed E-state index contributed by atoms with van der Waals surface area (Å²) in [6, 6.07) is 8.76. The van der Waals surface area contributed by atoms with Crippen molar-refractivity contribution in [3.63, 3.8) is 0 Å². The summed E-state index contributed by atoms with van der Waals surface area (Å²) in [4.78, 5) is 14.2. The lowest BCUT2D eigenvalue weighted by atomic mass is 10.00. The lowest BCUT2D eigenvalue weighted by Gasteiger charge is -2.21. The van der Waals surface area contributed by atoms with E-state index in [1.165, 1.54) is 0 Å². The molecule has 7 heteroatoms. The second-order valence-corrected chi connectivity index (χ2v) is 6.38.